The van der Waals surface area contributed by atoms with Crippen molar-refractivity contribution in [1.29, 1.82) is 0 Å². The van der Waals surface area contributed by atoms with Crippen LogP contribution in [0.3, 0.4) is 0 Å². The lowest BCUT2D eigenvalue weighted by Crippen LogP contribution is -2.00. The largest absolute Gasteiger partial charge is 0.378 e. The van der Waals surface area contributed by atoms with Gasteiger partial charge in [0.1, 0.15) is 0 Å². The number of nitrogens with one attached hydrogen (secondary N) is 1. The second-order valence-corrected chi connectivity index (χ2v) is 4.82. The van der Waals surface area contributed by atoms with Crippen molar-refractivity contribution < 1.29 is 0 Å². The lowest BCUT2D eigenvalue weighted by Gasteiger charge is -2.06. The number of aromatic nitrogens is 3. The summed E-state index contributed by atoms with van der Waals surface area (Å²) in [6.07, 6.45) is 5.52. The number of pyridine rings is 1. The van der Waals surface area contributed by atoms with Gasteiger partial charge in [0.15, 0.2) is 5.15 Å². The smallest absolute Gasteiger partial charge is 0.152 e. The first kappa shape index (κ1) is 12.4. The summed E-state index contributed by atoms with van der Waals surface area (Å²) in [6.45, 7) is 3.61. The van der Waals surface area contributed by atoms with Gasteiger partial charge >= 0.3 is 0 Å². The van der Waals surface area contributed by atoms with Crippen LogP contribution < -0.4 is 5.32 Å². The molecule has 0 unspecified atom stereocenters. The van der Waals surface area contributed by atoms with Gasteiger partial charge in [-0.3, -0.25) is 4.68 Å². The molecule has 0 atom stereocenters. The van der Waals surface area contributed by atoms with Crippen LogP contribution in [0.15, 0.2) is 29.1 Å². The van der Waals surface area contributed by atoms with Crippen molar-refractivity contribution in [2.24, 2.45) is 0 Å². The summed E-state index contributed by atoms with van der Waals surface area (Å²) in [4.78, 5) is 4.05. The van der Waals surface area contributed by atoms with Crippen LogP contribution in [0.5, 0.6) is 0 Å². The molecule has 0 radical (unpaired) electrons. The predicted octanol–water partition coefficient (Wildman–Crippen LogP) is 3.33. The highest BCUT2D eigenvalue weighted by Crippen LogP contribution is 2.23. The van der Waals surface area contributed by atoms with Crippen molar-refractivity contribution in [3.63, 3.8) is 0 Å². The Hall–Kier alpha value is -1.07. The molecule has 6 heteroatoms. The lowest BCUT2D eigenvalue weighted by atomic mass is 10.3. The third-order valence-corrected chi connectivity index (χ3v) is 3.03. The fourth-order valence-corrected chi connectivity index (χ4v) is 1.92. The first-order valence-corrected chi connectivity index (χ1v) is 6.42. The van der Waals surface area contributed by atoms with Crippen molar-refractivity contribution in [3.8, 4) is 0 Å². The molecule has 2 rings (SSSR count). The summed E-state index contributed by atoms with van der Waals surface area (Å²) in [5, 5.41) is 7.90. The van der Waals surface area contributed by atoms with E-state index in [1.807, 2.05) is 23.1 Å². The minimum atomic E-state index is 0.469. The van der Waals surface area contributed by atoms with E-state index in [4.69, 9.17) is 11.6 Å². The molecule has 0 bridgehead atoms. The average Bonchev–Trinajstić information content (AvgIpc) is 2.78. The van der Waals surface area contributed by atoms with E-state index in [0.29, 0.717) is 11.7 Å². The number of aryl methyl sites for hydroxylation is 1. The summed E-state index contributed by atoms with van der Waals surface area (Å²) in [6, 6.07) is 1.90. The molecule has 0 aliphatic carbocycles. The topological polar surface area (TPSA) is 42.7 Å². The van der Waals surface area contributed by atoms with Crippen molar-refractivity contribution >= 4 is 33.2 Å². The summed E-state index contributed by atoms with van der Waals surface area (Å²) in [7, 11) is 0. The van der Waals surface area contributed by atoms with E-state index in [9.17, 15) is 0 Å². The zero-order valence-corrected chi connectivity index (χ0v) is 11.7. The van der Waals surface area contributed by atoms with Crippen LogP contribution in [0.25, 0.3) is 0 Å². The van der Waals surface area contributed by atoms with E-state index in [-0.39, 0.29) is 0 Å². The van der Waals surface area contributed by atoms with Gasteiger partial charge in [-0.15, -0.1) is 0 Å². The number of nitrogens with zero attached hydrogens (tertiary/aromatic N) is 3. The summed E-state index contributed by atoms with van der Waals surface area (Å²) < 4.78 is 2.78. The maximum Gasteiger partial charge on any atom is 0.152 e. The molecule has 0 saturated carbocycles. The molecule has 0 aliphatic rings. The summed E-state index contributed by atoms with van der Waals surface area (Å²) in [5.74, 6) is 0. The molecule has 2 heterocycles. The van der Waals surface area contributed by atoms with E-state index >= 15 is 0 Å². The van der Waals surface area contributed by atoms with Gasteiger partial charge in [-0.1, -0.05) is 11.6 Å². The number of anilines is 1. The Kier molecular flexibility index (Phi) is 4.02. The third-order valence-electron chi connectivity index (χ3n) is 2.30. The molecule has 0 fully saturated rings. The average molecular weight is 316 g/mol. The van der Waals surface area contributed by atoms with Gasteiger partial charge < -0.3 is 5.32 Å². The Balaban J connectivity index is 2.04. The Bertz CT molecular complexity index is 512. The Morgan fingerprint density at radius 2 is 2.29 bits per heavy atom. The van der Waals surface area contributed by atoms with Gasteiger partial charge in [-0.05, 0) is 28.9 Å². The molecule has 0 saturated heterocycles. The fourth-order valence-electron chi connectivity index (χ4n) is 1.41. The van der Waals surface area contributed by atoms with E-state index in [0.717, 1.165) is 22.3 Å². The molecule has 17 heavy (non-hydrogen) atoms. The highest BCUT2D eigenvalue weighted by molar-refractivity contribution is 9.10. The second-order valence-electron chi connectivity index (χ2n) is 3.55. The molecular weight excluding hydrogens is 304 g/mol. The van der Waals surface area contributed by atoms with Crippen molar-refractivity contribution in [2.45, 2.75) is 20.0 Å². The van der Waals surface area contributed by atoms with Crippen LogP contribution in [-0.4, -0.2) is 14.8 Å². The molecule has 0 aliphatic heterocycles. The van der Waals surface area contributed by atoms with Gasteiger partial charge in [0.2, 0.25) is 0 Å². The van der Waals surface area contributed by atoms with Gasteiger partial charge in [0, 0.05) is 35.5 Å². The maximum atomic E-state index is 5.98. The number of rotatable bonds is 4. The molecule has 0 amide bonds. The standard InChI is InChI=1S/C11H12BrClN4/c1-2-17-7-8(5-16-17)4-14-10-3-9(12)6-15-11(10)13/h3,5-7,14H,2,4H2,1H3. The maximum absolute atomic E-state index is 5.98. The predicted molar refractivity (Wildman–Crippen MR) is 72.2 cm³/mol. The minimum absolute atomic E-state index is 0.469. The van der Waals surface area contributed by atoms with Gasteiger partial charge in [-0.25, -0.2) is 4.98 Å². The molecule has 0 aromatic carbocycles. The highest BCUT2D eigenvalue weighted by Gasteiger charge is 2.03. The molecule has 4 nitrogen and oxygen atoms in total. The fraction of sp³-hybridized carbons (Fsp3) is 0.273. The zero-order valence-electron chi connectivity index (χ0n) is 9.32. The van der Waals surface area contributed by atoms with Crippen LogP contribution in [0.4, 0.5) is 5.69 Å². The first-order valence-electron chi connectivity index (χ1n) is 5.25. The van der Waals surface area contributed by atoms with E-state index in [2.05, 4.69) is 38.3 Å². The molecule has 1 N–H and O–H groups in total. The number of hydrogen-bond acceptors (Lipinski definition) is 3. The highest BCUT2D eigenvalue weighted by atomic mass is 79.9. The Morgan fingerprint density at radius 3 is 3.00 bits per heavy atom. The molecule has 2 aromatic rings. The second kappa shape index (κ2) is 5.51. The van der Waals surface area contributed by atoms with Gasteiger partial charge in [-0.2, -0.15) is 5.10 Å². The Labute approximate surface area is 113 Å². The van der Waals surface area contributed by atoms with Crippen LogP contribution >= 0.6 is 27.5 Å². The third kappa shape index (κ3) is 3.20. The van der Waals surface area contributed by atoms with Crippen molar-refractivity contribution in [1.82, 2.24) is 14.8 Å². The van der Waals surface area contributed by atoms with Crippen LogP contribution in [0.2, 0.25) is 5.15 Å². The monoisotopic (exact) mass is 314 g/mol. The quantitative estimate of drug-likeness (QED) is 0.880. The van der Waals surface area contributed by atoms with Crippen molar-refractivity contribution in [3.05, 3.63) is 39.8 Å². The van der Waals surface area contributed by atoms with E-state index < -0.39 is 0 Å². The van der Waals surface area contributed by atoms with Crippen LogP contribution in [0.1, 0.15) is 12.5 Å². The summed E-state index contributed by atoms with van der Waals surface area (Å²) >= 11 is 9.34. The van der Waals surface area contributed by atoms with Gasteiger partial charge in [0.25, 0.3) is 0 Å². The molecule has 2 aromatic heterocycles. The SMILES string of the molecule is CCn1cc(CNc2cc(Br)cnc2Cl)cn1. The van der Waals surface area contributed by atoms with E-state index in [1.165, 1.54) is 0 Å². The number of halogens is 2. The van der Waals surface area contributed by atoms with Crippen LogP contribution in [-0.2, 0) is 13.1 Å². The van der Waals surface area contributed by atoms with Crippen LogP contribution in [0, 0.1) is 0 Å². The summed E-state index contributed by atoms with van der Waals surface area (Å²) in [5.41, 5.74) is 1.92. The normalized spacial score (nSPS) is 10.5. The lowest BCUT2D eigenvalue weighted by molar-refractivity contribution is 0.659. The van der Waals surface area contributed by atoms with Crippen molar-refractivity contribution in [2.75, 3.05) is 5.32 Å². The Morgan fingerprint density at radius 1 is 1.47 bits per heavy atom. The first-order chi connectivity index (χ1) is 8.19. The van der Waals surface area contributed by atoms with Gasteiger partial charge in [0.05, 0.1) is 11.9 Å². The number of hydrogen-bond donors (Lipinski definition) is 1. The molecule has 0 spiro atoms. The molecular formula is C11H12BrClN4. The molecule has 90 valence electrons. The zero-order chi connectivity index (χ0) is 12.3. The van der Waals surface area contributed by atoms with E-state index in [1.54, 1.807) is 6.20 Å². The minimum Gasteiger partial charge on any atom is -0.378 e.